The Morgan fingerprint density at radius 1 is 1.12 bits per heavy atom. The van der Waals surface area contributed by atoms with E-state index in [0.717, 1.165) is 16.8 Å². The van der Waals surface area contributed by atoms with Crippen LogP contribution < -0.4 is 4.90 Å². The largest absolute Gasteiger partial charge is 0.394 e. The van der Waals surface area contributed by atoms with Crippen LogP contribution >= 0.6 is 23.2 Å². The molecule has 3 aromatic rings. The van der Waals surface area contributed by atoms with Gasteiger partial charge in [0, 0.05) is 28.4 Å². The van der Waals surface area contributed by atoms with Crippen molar-refractivity contribution < 1.29 is 42.8 Å². The maximum atomic E-state index is 14.1. The summed E-state index contributed by atoms with van der Waals surface area (Å²) in [5.74, 6) is -5.17. The molecule has 220 valence electrons. The second kappa shape index (κ2) is 11.8. The smallest absolute Gasteiger partial charge is 0.259 e. The molecule has 1 aliphatic heterocycles. The fourth-order valence-electron chi connectivity index (χ4n) is 5.18. The number of nitrogens with zero attached hydrogens (tertiary/aromatic N) is 4. The summed E-state index contributed by atoms with van der Waals surface area (Å²) in [7, 11) is 1.27. The first-order valence-electron chi connectivity index (χ1n) is 12.5. The third-order valence-electron chi connectivity index (χ3n) is 7.37. The van der Waals surface area contributed by atoms with Gasteiger partial charge in [0.1, 0.15) is 30.0 Å². The molecule has 2 aromatic carbocycles. The van der Waals surface area contributed by atoms with Crippen LogP contribution in [0.15, 0.2) is 36.5 Å². The number of aliphatic hydroxyl groups excluding tert-OH is 3. The van der Waals surface area contributed by atoms with Gasteiger partial charge in [-0.25, -0.2) is 17.9 Å². The highest BCUT2D eigenvalue weighted by atomic mass is 35.5. The number of aliphatic hydroxyl groups is 3. The molecule has 0 radical (unpaired) electrons. The molecule has 15 heteroatoms. The van der Waals surface area contributed by atoms with E-state index in [9.17, 15) is 33.3 Å². The van der Waals surface area contributed by atoms with E-state index in [0.29, 0.717) is 18.5 Å². The SMILES string of the molecule is CO[C@@H]1[C@@H](n2cc(-c3cc(F)c(F)c(F)c3)nn2)[C@@H](O)[C@@H](CO)O[C@H]1C(=O)N(c1cc(Cl)cc(Cl)c1)[C@H]1CC[C@@H]1O. The summed E-state index contributed by atoms with van der Waals surface area (Å²) in [5, 5.41) is 39.9. The van der Waals surface area contributed by atoms with Gasteiger partial charge in [-0.15, -0.1) is 5.10 Å². The van der Waals surface area contributed by atoms with Crippen LogP contribution in [0.1, 0.15) is 18.9 Å². The number of carbonyl (C=O) groups is 1. The van der Waals surface area contributed by atoms with Crippen molar-refractivity contribution in [2.24, 2.45) is 0 Å². The van der Waals surface area contributed by atoms with E-state index < -0.39 is 72.6 Å². The normalized spacial score (nSPS) is 27.9. The van der Waals surface area contributed by atoms with Crippen LogP contribution in [-0.4, -0.2) is 86.5 Å². The van der Waals surface area contributed by atoms with Gasteiger partial charge in [-0.1, -0.05) is 28.4 Å². The summed E-state index contributed by atoms with van der Waals surface area (Å²) in [5.41, 5.74) is 0.103. The first-order chi connectivity index (χ1) is 19.5. The monoisotopic (exact) mass is 616 g/mol. The molecule has 1 amide bonds. The highest BCUT2D eigenvalue weighted by molar-refractivity contribution is 6.35. The molecule has 41 heavy (non-hydrogen) atoms. The number of amides is 1. The molecule has 0 bridgehead atoms. The Kier molecular flexibility index (Phi) is 8.58. The van der Waals surface area contributed by atoms with Gasteiger partial charge < -0.3 is 29.7 Å². The summed E-state index contributed by atoms with van der Waals surface area (Å²) >= 11 is 12.4. The summed E-state index contributed by atoms with van der Waals surface area (Å²) in [6.45, 7) is -0.692. The molecule has 2 heterocycles. The number of aromatic nitrogens is 3. The van der Waals surface area contributed by atoms with Crippen LogP contribution in [0.4, 0.5) is 18.9 Å². The minimum atomic E-state index is -1.64. The lowest BCUT2D eigenvalue weighted by Crippen LogP contribution is -2.64. The fourth-order valence-corrected chi connectivity index (χ4v) is 5.70. The molecular formula is C26H25Cl2F3N4O6. The quantitative estimate of drug-likeness (QED) is 0.346. The maximum Gasteiger partial charge on any atom is 0.259 e. The number of anilines is 1. The Hall–Kier alpha value is -2.78. The molecule has 7 atom stereocenters. The number of rotatable bonds is 7. The number of hydrogen-bond donors (Lipinski definition) is 3. The third kappa shape index (κ3) is 5.55. The number of halogens is 5. The van der Waals surface area contributed by atoms with Gasteiger partial charge in [0.15, 0.2) is 23.6 Å². The van der Waals surface area contributed by atoms with Crippen molar-refractivity contribution in [1.29, 1.82) is 0 Å². The van der Waals surface area contributed by atoms with Crippen molar-refractivity contribution >= 4 is 34.8 Å². The zero-order chi connectivity index (χ0) is 29.6. The first-order valence-corrected chi connectivity index (χ1v) is 13.3. The Balaban J connectivity index is 1.53. The van der Waals surface area contributed by atoms with E-state index in [1.807, 2.05) is 0 Å². The van der Waals surface area contributed by atoms with Crippen LogP contribution in [0.2, 0.25) is 10.0 Å². The Bertz CT molecular complexity index is 1400. The van der Waals surface area contributed by atoms with Crippen LogP contribution in [0.3, 0.4) is 0 Å². The van der Waals surface area contributed by atoms with E-state index in [1.54, 1.807) is 0 Å². The van der Waals surface area contributed by atoms with Crippen molar-refractivity contribution in [2.45, 2.75) is 55.4 Å². The first kappa shape index (κ1) is 29.7. The minimum absolute atomic E-state index is 0.0624. The van der Waals surface area contributed by atoms with Crippen LogP contribution in [0, 0.1) is 17.5 Å². The third-order valence-corrected chi connectivity index (χ3v) is 7.81. The highest BCUT2D eigenvalue weighted by Crippen LogP contribution is 2.38. The Morgan fingerprint density at radius 3 is 2.32 bits per heavy atom. The second-order valence-electron chi connectivity index (χ2n) is 9.84. The van der Waals surface area contributed by atoms with Gasteiger partial charge >= 0.3 is 0 Å². The average Bonchev–Trinajstić information content (AvgIpc) is 3.42. The molecule has 2 aliphatic rings. The Labute approximate surface area is 241 Å². The zero-order valence-corrected chi connectivity index (χ0v) is 22.9. The molecular weight excluding hydrogens is 592 g/mol. The van der Waals surface area contributed by atoms with Crippen molar-refractivity contribution in [3.63, 3.8) is 0 Å². The van der Waals surface area contributed by atoms with Gasteiger partial charge in [0.2, 0.25) is 0 Å². The van der Waals surface area contributed by atoms with Gasteiger partial charge in [0.25, 0.3) is 5.91 Å². The average molecular weight is 617 g/mol. The van der Waals surface area contributed by atoms with E-state index >= 15 is 0 Å². The van der Waals surface area contributed by atoms with E-state index in [-0.39, 0.29) is 21.3 Å². The van der Waals surface area contributed by atoms with E-state index in [1.165, 1.54) is 36.4 Å². The minimum Gasteiger partial charge on any atom is -0.394 e. The second-order valence-corrected chi connectivity index (χ2v) is 10.7. The summed E-state index contributed by atoms with van der Waals surface area (Å²) < 4.78 is 53.8. The molecule has 1 aliphatic carbocycles. The fraction of sp³-hybridized carbons (Fsp3) is 0.423. The van der Waals surface area contributed by atoms with Crippen molar-refractivity contribution in [3.8, 4) is 11.3 Å². The summed E-state index contributed by atoms with van der Waals surface area (Å²) in [4.78, 5) is 15.5. The molecule has 3 N–H and O–H groups in total. The lowest BCUT2D eigenvalue weighted by Gasteiger charge is -2.47. The van der Waals surface area contributed by atoms with Gasteiger partial charge in [-0.3, -0.25) is 4.79 Å². The molecule has 10 nitrogen and oxygen atoms in total. The van der Waals surface area contributed by atoms with Crippen LogP contribution in [-0.2, 0) is 14.3 Å². The van der Waals surface area contributed by atoms with E-state index in [4.69, 9.17) is 32.7 Å². The van der Waals surface area contributed by atoms with Crippen molar-refractivity contribution in [2.75, 3.05) is 18.6 Å². The summed E-state index contributed by atoms with van der Waals surface area (Å²) in [6.07, 6.45) is -4.12. The number of carbonyl (C=O) groups excluding carboxylic acids is 1. The topological polar surface area (TPSA) is 130 Å². The molecule has 5 rings (SSSR count). The maximum absolute atomic E-state index is 14.1. The van der Waals surface area contributed by atoms with Crippen LogP contribution in [0.25, 0.3) is 11.3 Å². The molecule has 1 saturated heterocycles. The number of methoxy groups -OCH3 is 1. The van der Waals surface area contributed by atoms with Gasteiger partial charge in [-0.05, 0) is 43.2 Å². The predicted molar refractivity (Wildman–Crippen MR) is 140 cm³/mol. The predicted octanol–water partition coefficient (Wildman–Crippen LogP) is 2.90. The molecule has 0 unspecified atom stereocenters. The van der Waals surface area contributed by atoms with Gasteiger partial charge in [-0.2, -0.15) is 0 Å². The Morgan fingerprint density at radius 2 is 1.78 bits per heavy atom. The number of hydrogen-bond acceptors (Lipinski definition) is 8. The van der Waals surface area contributed by atoms with Gasteiger partial charge in [0.05, 0.1) is 24.9 Å². The van der Waals surface area contributed by atoms with Crippen molar-refractivity contribution in [1.82, 2.24) is 15.0 Å². The molecule has 1 aromatic heterocycles. The highest BCUT2D eigenvalue weighted by Gasteiger charge is 2.52. The lowest BCUT2D eigenvalue weighted by molar-refractivity contribution is -0.211. The molecule has 2 fully saturated rings. The number of benzene rings is 2. The van der Waals surface area contributed by atoms with Crippen LogP contribution in [0.5, 0.6) is 0 Å². The molecule has 1 saturated carbocycles. The van der Waals surface area contributed by atoms with Crippen molar-refractivity contribution in [3.05, 3.63) is 64.0 Å². The lowest BCUT2D eigenvalue weighted by atomic mass is 9.85. The zero-order valence-electron chi connectivity index (χ0n) is 21.4. The summed E-state index contributed by atoms with van der Waals surface area (Å²) in [6, 6.07) is 4.13. The molecule has 0 spiro atoms. The standard InChI is InChI=1S/C26H25Cl2F3N4O6/c1-40-24-22(34-9-17(32-33-34)11-4-15(29)21(31)16(30)5-11)23(38)20(10-36)41-25(24)26(39)35(18-2-3-19(18)37)14-7-12(27)6-13(28)8-14/h4-9,18-20,22-25,36-38H,2-3,10H2,1H3/t18-,19-,20+,22-,23-,24+,25+/m0/s1. The number of ether oxygens (including phenoxy) is 2. The van der Waals surface area contributed by atoms with E-state index in [2.05, 4.69) is 10.3 Å².